The van der Waals surface area contributed by atoms with Gasteiger partial charge in [-0.25, -0.2) is 0 Å². The van der Waals surface area contributed by atoms with Crippen LogP contribution in [0.1, 0.15) is 11.1 Å². The number of anilines is 1. The maximum atomic E-state index is 12.4. The van der Waals surface area contributed by atoms with Gasteiger partial charge in [-0.2, -0.15) is 0 Å². The lowest BCUT2D eigenvalue weighted by Gasteiger charge is -2.08. The number of amidine groups is 1. The number of pyridine rings is 1. The van der Waals surface area contributed by atoms with Crippen LogP contribution in [0.3, 0.4) is 0 Å². The van der Waals surface area contributed by atoms with Crippen molar-refractivity contribution >= 4 is 40.3 Å². The Morgan fingerprint density at radius 1 is 1.22 bits per heavy atom. The van der Waals surface area contributed by atoms with E-state index in [0.717, 1.165) is 0 Å². The van der Waals surface area contributed by atoms with Gasteiger partial charge in [0.05, 0.1) is 17.4 Å². The minimum atomic E-state index is -0.578. The third kappa shape index (κ3) is 4.01. The number of nitrogens with two attached hydrogens (primary N) is 2. The number of carbonyl (C=O) groups excluding carboxylic acids is 2. The standard InChI is InChI=1S/C19H18N6O2/c20-16(26)7-6-12-3-1-5-14-15(19(21)22)10-25(18(12)14)11-17(27)24-13-4-2-8-23-9-13/h1-10H,11H2,(H2,20,26)(H3,21,22)(H,24,27)/b7-6+. The molecule has 0 aliphatic heterocycles. The summed E-state index contributed by atoms with van der Waals surface area (Å²) in [5.74, 6) is -0.947. The van der Waals surface area contributed by atoms with Gasteiger partial charge >= 0.3 is 0 Å². The minimum Gasteiger partial charge on any atom is -0.384 e. The number of aromatic nitrogens is 2. The Balaban J connectivity index is 2.01. The Labute approximate surface area is 155 Å². The van der Waals surface area contributed by atoms with Crippen LogP contribution in [-0.2, 0) is 16.1 Å². The summed E-state index contributed by atoms with van der Waals surface area (Å²) < 4.78 is 1.69. The monoisotopic (exact) mass is 362 g/mol. The lowest BCUT2D eigenvalue weighted by molar-refractivity contribution is -0.116. The molecular weight excluding hydrogens is 344 g/mol. The molecule has 1 aromatic carbocycles. The molecule has 2 heterocycles. The molecule has 8 nitrogen and oxygen atoms in total. The molecule has 0 bridgehead atoms. The molecule has 6 N–H and O–H groups in total. The summed E-state index contributed by atoms with van der Waals surface area (Å²) in [5.41, 5.74) is 13.3. The van der Waals surface area contributed by atoms with Gasteiger partial charge in [-0.3, -0.25) is 20.0 Å². The van der Waals surface area contributed by atoms with E-state index in [2.05, 4.69) is 10.3 Å². The van der Waals surface area contributed by atoms with Crippen LogP contribution in [0.5, 0.6) is 0 Å². The molecule has 3 aromatic rings. The van der Waals surface area contributed by atoms with Crippen molar-refractivity contribution in [2.24, 2.45) is 11.5 Å². The maximum Gasteiger partial charge on any atom is 0.244 e. The van der Waals surface area contributed by atoms with E-state index in [4.69, 9.17) is 16.9 Å². The fourth-order valence-electron chi connectivity index (χ4n) is 2.83. The predicted molar refractivity (Wildman–Crippen MR) is 104 cm³/mol. The highest BCUT2D eigenvalue weighted by molar-refractivity contribution is 6.09. The molecule has 27 heavy (non-hydrogen) atoms. The Hall–Kier alpha value is -3.94. The largest absolute Gasteiger partial charge is 0.384 e. The molecule has 0 spiro atoms. The average Bonchev–Trinajstić information content (AvgIpc) is 3.00. The zero-order chi connectivity index (χ0) is 19.4. The minimum absolute atomic E-state index is 0.0000983. The van der Waals surface area contributed by atoms with Crippen LogP contribution in [-0.4, -0.2) is 27.2 Å². The first-order valence-electron chi connectivity index (χ1n) is 8.09. The summed E-state index contributed by atoms with van der Waals surface area (Å²) in [7, 11) is 0. The molecular formula is C19H18N6O2. The number of amides is 2. The molecule has 8 heteroatoms. The number of primary amides is 1. The second-order valence-electron chi connectivity index (χ2n) is 5.85. The summed E-state index contributed by atoms with van der Waals surface area (Å²) in [6.45, 7) is 0.0000983. The second kappa shape index (κ2) is 7.52. The summed E-state index contributed by atoms with van der Waals surface area (Å²) in [6.07, 6.45) is 7.64. The number of hydrogen-bond donors (Lipinski definition) is 4. The number of para-hydroxylation sites is 1. The normalized spacial score (nSPS) is 11.0. The van der Waals surface area contributed by atoms with E-state index in [1.165, 1.54) is 6.08 Å². The van der Waals surface area contributed by atoms with Crippen LogP contribution in [0.15, 0.2) is 55.0 Å². The third-order valence-electron chi connectivity index (χ3n) is 3.91. The van der Waals surface area contributed by atoms with Crippen LogP contribution < -0.4 is 16.8 Å². The lowest BCUT2D eigenvalue weighted by Crippen LogP contribution is -2.18. The Kier molecular flexibility index (Phi) is 4.98. The van der Waals surface area contributed by atoms with Crippen LogP contribution in [0.2, 0.25) is 0 Å². The number of benzene rings is 1. The number of nitrogens with zero attached hydrogens (tertiary/aromatic N) is 2. The molecule has 0 fully saturated rings. The highest BCUT2D eigenvalue weighted by atomic mass is 16.2. The van der Waals surface area contributed by atoms with Gasteiger partial charge in [-0.15, -0.1) is 0 Å². The molecule has 0 aliphatic carbocycles. The number of nitrogens with one attached hydrogen (secondary N) is 2. The van der Waals surface area contributed by atoms with Gasteiger partial charge in [0, 0.05) is 29.4 Å². The van der Waals surface area contributed by atoms with Crippen LogP contribution >= 0.6 is 0 Å². The van der Waals surface area contributed by atoms with Crippen molar-refractivity contribution in [1.29, 1.82) is 5.41 Å². The zero-order valence-electron chi connectivity index (χ0n) is 14.3. The summed E-state index contributed by atoms with van der Waals surface area (Å²) in [4.78, 5) is 27.5. The first-order valence-corrected chi connectivity index (χ1v) is 8.09. The van der Waals surface area contributed by atoms with Gasteiger partial charge < -0.3 is 21.4 Å². The van der Waals surface area contributed by atoms with Crippen molar-refractivity contribution in [3.05, 3.63) is 66.1 Å². The summed E-state index contributed by atoms with van der Waals surface area (Å²) >= 11 is 0. The SMILES string of the molecule is N=C(N)c1cn(CC(=O)Nc2cccnc2)c2c(/C=C/C(N)=O)cccc12. The van der Waals surface area contributed by atoms with E-state index in [-0.39, 0.29) is 18.3 Å². The van der Waals surface area contributed by atoms with Gasteiger partial charge in [0.15, 0.2) is 0 Å². The van der Waals surface area contributed by atoms with Crippen molar-refractivity contribution < 1.29 is 9.59 Å². The quantitative estimate of drug-likeness (QED) is 0.299. The summed E-state index contributed by atoms with van der Waals surface area (Å²) in [5, 5.41) is 11.3. The number of rotatable bonds is 6. The molecule has 0 radical (unpaired) electrons. The van der Waals surface area contributed by atoms with Gasteiger partial charge in [0.25, 0.3) is 0 Å². The maximum absolute atomic E-state index is 12.4. The summed E-state index contributed by atoms with van der Waals surface area (Å²) in [6, 6.07) is 8.85. The highest BCUT2D eigenvalue weighted by Crippen LogP contribution is 2.26. The molecule has 2 aromatic heterocycles. The molecule has 0 atom stereocenters. The van der Waals surface area contributed by atoms with Gasteiger partial charge in [0.2, 0.25) is 11.8 Å². The van der Waals surface area contributed by atoms with Gasteiger partial charge in [-0.1, -0.05) is 18.2 Å². The van der Waals surface area contributed by atoms with Crippen molar-refractivity contribution in [1.82, 2.24) is 9.55 Å². The van der Waals surface area contributed by atoms with E-state index in [0.29, 0.717) is 27.7 Å². The third-order valence-corrected chi connectivity index (χ3v) is 3.91. The van der Waals surface area contributed by atoms with Crippen molar-refractivity contribution in [2.45, 2.75) is 6.54 Å². The average molecular weight is 362 g/mol. The van der Waals surface area contributed by atoms with E-state index in [1.54, 1.807) is 53.5 Å². The zero-order valence-corrected chi connectivity index (χ0v) is 14.3. The van der Waals surface area contributed by atoms with Gasteiger partial charge in [0.1, 0.15) is 12.4 Å². The van der Waals surface area contributed by atoms with Crippen molar-refractivity contribution in [2.75, 3.05) is 5.32 Å². The first-order chi connectivity index (χ1) is 13.0. The number of nitrogen functional groups attached to an aromatic ring is 1. The topological polar surface area (TPSA) is 140 Å². The Morgan fingerprint density at radius 3 is 2.70 bits per heavy atom. The number of hydrogen-bond acceptors (Lipinski definition) is 4. The molecule has 136 valence electrons. The van der Waals surface area contributed by atoms with Crippen molar-refractivity contribution in [3.8, 4) is 0 Å². The molecule has 0 aliphatic rings. The predicted octanol–water partition coefficient (Wildman–Crippen LogP) is 1.46. The Morgan fingerprint density at radius 2 is 2.04 bits per heavy atom. The van der Waals surface area contributed by atoms with E-state index >= 15 is 0 Å². The molecule has 0 saturated carbocycles. The van der Waals surface area contributed by atoms with Crippen LogP contribution in [0.25, 0.3) is 17.0 Å². The lowest BCUT2D eigenvalue weighted by atomic mass is 10.1. The molecule has 0 saturated heterocycles. The van der Waals surface area contributed by atoms with E-state index in [1.807, 2.05) is 6.07 Å². The first kappa shape index (κ1) is 17.9. The van der Waals surface area contributed by atoms with Crippen LogP contribution in [0.4, 0.5) is 5.69 Å². The second-order valence-corrected chi connectivity index (χ2v) is 5.85. The molecule has 2 amide bonds. The number of fused-ring (bicyclic) bond motifs is 1. The van der Waals surface area contributed by atoms with Gasteiger partial charge in [-0.05, 0) is 23.8 Å². The van der Waals surface area contributed by atoms with Crippen LogP contribution in [0, 0.1) is 5.41 Å². The van der Waals surface area contributed by atoms with Crippen molar-refractivity contribution in [3.63, 3.8) is 0 Å². The van der Waals surface area contributed by atoms with E-state index < -0.39 is 5.91 Å². The fraction of sp³-hybridized carbons (Fsp3) is 0.0526. The molecule has 0 unspecified atom stereocenters. The fourth-order valence-corrected chi connectivity index (χ4v) is 2.83. The smallest absolute Gasteiger partial charge is 0.244 e. The Bertz CT molecular complexity index is 1050. The molecule has 3 rings (SSSR count). The van der Waals surface area contributed by atoms with E-state index in [9.17, 15) is 9.59 Å². The highest BCUT2D eigenvalue weighted by Gasteiger charge is 2.15. The number of carbonyl (C=O) groups is 2.